The molecule has 1 unspecified atom stereocenters. The first kappa shape index (κ1) is 11.6. The van der Waals surface area contributed by atoms with Crippen molar-refractivity contribution in [2.75, 3.05) is 6.54 Å². The van der Waals surface area contributed by atoms with Crippen molar-refractivity contribution in [3.8, 4) is 0 Å². The molecule has 0 saturated heterocycles. The van der Waals surface area contributed by atoms with Gasteiger partial charge in [-0.05, 0) is 6.42 Å². The van der Waals surface area contributed by atoms with E-state index in [1.165, 1.54) is 4.68 Å². The Hall–Kier alpha value is -1.43. The molecule has 0 aromatic carbocycles. The number of nitrogens with one attached hydrogen (secondary N) is 1. The molecule has 1 heterocycles. The first-order valence-electron chi connectivity index (χ1n) is 5.09. The first-order valence-corrected chi connectivity index (χ1v) is 5.09. The van der Waals surface area contributed by atoms with Gasteiger partial charge in [-0.15, -0.1) is 5.10 Å². The van der Waals surface area contributed by atoms with Crippen molar-refractivity contribution >= 4 is 5.91 Å². The molecule has 1 aromatic heterocycles. The maximum absolute atomic E-state index is 11.5. The van der Waals surface area contributed by atoms with Crippen molar-refractivity contribution in [2.45, 2.75) is 32.4 Å². The molecule has 1 atom stereocenters. The van der Waals surface area contributed by atoms with Crippen LogP contribution in [0.4, 0.5) is 0 Å². The van der Waals surface area contributed by atoms with E-state index in [2.05, 4.69) is 22.6 Å². The van der Waals surface area contributed by atoms with Crippen LogP contribution < -0.4 is 11.1 Å². The normalized spacial score (nSPS) is 12.4. The summed E-state index contributed by atoms with van der Waals surface area (Å²) in [5.41, 5.74) is 5.53. The molecule has 0 aliphatic heterocycles. The van der Waals surface area contributed by atoms with E-state index in [4.69, 9.17) is 5.73 Å². The zero-order valence-electron chi connectivity index (χ0n) is 8.89. The Kier molecular flexibility index (Phi) is 4.76. The molecular weight excluding hydrogens is 194 g/mol. The van der Waals surface area contributed by atoms with E-state index < -0.39 is 0 Å². The lowest BCUT2D eigenvalue weighted by Crippen LogP contribution is -2.41. The molecule has 0 spiro atoms. The minimum atomic E-state index is -0.0793. The van der Waals surface area contributed by atoms with Crippen LogP contribution in [-0.2, 0) is 11.3 Å². The first-order chi connectivity index (χ1) is 7.26. The predicted octanol–water partition coefficient (Wildman–Crippen LogP) is -0.478. The Morgan fingerprint density at radius 3 is 3.00 bits per heavy atom. The second-order valence-electron chi connectivity index (χ2n) is 3.39. The minimum Gasteiger partial charge on any atom is -0.350 e. The van der Waals surface area contributed by atoms with Crippen molar-refractivity contribution in [1.29, 1.82) is 0 Å². The molecule has 84 valence electrons. The summed E-state index contributed by atoms with van der Waals surface area (Å²) in [5, 5.41) is 10.2. The third-order valence-electron chi connectivity index (χ3n) is 2.06. The Morgan fingerprint density at radius 2 is 2.47 bits per heavy atom. The van der Waals surface area contributed by atoms with Gasteiger partial charge in [0.05, 0.1) is 6.20 Å². The highest BCUT2D eigenvalue weighted by molar-refractivity contribution is 5.75. The van der Waals surface area contributed by atoms with Gasteiger partial charge in [0.2, 0.25) is 5.91 Å². The molecule has 0 saturated carbocycles. The number of carbonyl (C=O) groups is 1. The molecule has 1 rings (SSSR count). The van der Waals surface area contributed by atoms with Crippen molar-refractivity contribution in [1.82, 2.24) is 20.3 Å². The van der Waals surface area contributed by atoms with Crippen LogP contribution in [0.15, 0.2) is 12.4 Å². The van der Waals surface area contributed by atoms with Crippen LogP contribution in [-0.4, -0.2) is 33.5 Å². The summed E-state index contributed by atoms with van der Waals surface area (Å²) >= 11 is 0. The summed E-state index contributed by atoms with van der Waals surface area (Å²) in [5.74, 6) is -0.0793. The van der Waals surface area contributed by atoms with Gasteiger partial charge in [0.15, 0.2) is 0 Å². The summed E-state index contributed by atoms with van der Waals surface area (Å²) in [7, 11) is 0. The minimum absolute atomic E-state index is 0.0611. The molecule has 6 heteroatoms. The molecule has 0 bridgehead atoms. The third kappa shape index (κ3) is 4.07. The summed E-state index contributed by atoms with van der Waals surface area (Å²) in [6.07, 6.45) is 5.10. The summed E-state index contributed by atoms with van der Waals surface area (Å²) in [4.78, 5) is 11.5. The zero-order valence-corrected chi connectivity index (χ0v) is 8.89. The largest absolute Gasteiger partial charge is 0.350 e. The zero-order chi connectivity index (χ0) is 11.1. The molecule has 0 aliphatic rings. The number of nitrogens with two attached hydrogens (primary N) is 1. The highest BCUT2D eigenvalue weighted by Crippen LogP contribution is 1.94. The van der Waals surface area contributed by atoms with Crippen LogP contribution in [0, 0.1) is 0 Å². The molecule has 1 amide bonds. The van der Waals surface area contributed by atoms with E-state index >= 15 is 0 Å². The number of amides is 1. The van der Waals surface area contributed by atoms with E-state index in [1.807, 2.05) is 0 Å². The van der Waals surface area contributed by atoms with Crippen molar-refractivity contribution in [3.63, 3.8) is 0 Å². The highest BCUT2D eigenvalue weighted by atomic mass is 16.2. The lowest BCUT2D eigenvalue weighted by atomic mass is 10.1. The van der Waals surface area contributed by atoms with Gasteiger partial charge < -0.3 is 11.1 Å². The highest BCUT2D eigenvalue weighted by Gasteiger charge is 2.09. The average molecular weight is 211 g/mol. The van der Waals surface area contributed by atoms with E-state index in [0.717, 1.165) is 12.8 Å². The van der Waals surface area contributed by atoms with E-state index in [1.54, 1.807) is 12.4 Å². The number of nitrogens with zero attached hydrogens (tertiary/aromatic N) is 3. The fourth-order valence-electron chi connectivity index (χ4n) is 1.33. The molecule has 6 nitrogen and oxygen atoms in total. The molecule has 3 N–H and O–H groups in total. The van der Waals surface area contributed by atoms with Gasteiger partial charge >= 0.3 is 0 Å². The summed E-state index contributed by atoms with van der Waals surface area (Å²) in [6, 6.07) is 0.0611. The van der Waals surface area contributed by atoms with E-state index in [9.17, 15) is 4.79 Å². The monoisotopic (exact) mass is 211 g/mol. The summed E-state index contributed by atoms with van der Waals surface area (Å²) in [6.45, 7) is 2.73. The lowest BCUT2D eigenvalue weighted by Gasteiger charge is -2.15. The Bertz CT molecular complexity index is 285. The van der Waals surface area contributed by atoms with Gasteiger partial charge in [0, 0.05) is 18.8 Å². The molecular formula is C9H17N5O. The topological polar surface area (TPSA) is 85.8 Å². The number of aromatic nitrogens is 3. The lowest BCUT2D eigenvalue weighted by molar-refractivity contribution is -0.122. The quantitative estimate of drug-likeness (QED) is 0.665. The van der Waals surface area contributed by atoms with E-state index in [0.29, 0.717) is 6.54 Å². The van der Waals surface area contributed by atoms with Gasteiger partial charge in [-0.2, -0.15) is 0 Å². The second-order valence-corrected chi connectivity index (χ2v) is 3.39. The summed E-state index contributed by atoms with van der Waals surface area (Å²) < 4.78 is 1.48. The fraction of sp³-hybridized carbons (Fsp3) is 0.667. The van der Waals surface area contributed by atoms with Crippen molar-refractivity contribution in [2.24, 2.45) is 5.73 Å². The number of rotatable bonds is 6. The van der Waals surface area contributed by atoms with Gasteiger partial charge in [-0.3, -0.25) is 4.79 Å². The molecule has 0 fully saturated rings. The predicted molar refractivity (Wildman–Crippen MR) is 55.9 cm³/mol. The van der Waals surface area contributed by atoms with Crippen LogP contribution in [0.5, 0.6) is 0 Å². The van der Waals surface area contributed by atoms with Gasteiger partial charge in [-0.25, -0.2) is 4.68 Å². The smallest absolute Gasteiger partial charge is 0.242 e. The maximum Gasteiger partial charge on any atom is 0.242 e. The van der Waals surface area contributed by atoms with Crippen LogP contribution in [0.1, 0.15) is 19.8 Å². The molecule has 1 aromatic rings. The maximum atomic E-state index is 11.5. The second kappa shape index (κ2) is 6.13. The number of hydrogen-bond acceptors (Lipinski definition) is 4. The Labute approximate surface area is 88.8 Å². The van der Waals surface area contributed by atoms with E-state index in [-0.39, 0.29) is 18.5 Å². The van der Waals surface area contributed by atoms with Crippen LogP contribution in [0.2, 0.25) is 0 Å². The standard InChI is InChI=1S/C9H17N5O/c1-2-3-8(6-10)12-9(15)7-14-5-4-11-13-14/h4-5,8H,2-3,6-7,10H2,1H3,(H,12,15). The Morgan fingerprint density at radius 1 is 1.67 bits per heavy atom. The van der Waals surface area contributed by atoms with Gasteiger partial charge in [0.25, 0.3) is 0 Å². The number of hydrogen-bond donors (Lipinski definition) is 2. The number of carbonyl (C=O) groups excluding carboxylic acids is 1. The molecule has 15 heavy (non-hydrogen) atoms. The van der Waals surface area contributed by atoms with Gasteiger partial charge in [0.1, 0.15) is 6.54 Å². The van der Waals surface area contributed by atoms with Gasteiger partial charge in [-0.1, -0.05) is 18.6 Å². The van der Waals surface area contributed by atoms with Crippen LogP contribution >= 0.6 is 0 Å². The molecule has 0 radical (unpaired) electrons. The Balaban J connectivity index is 2.34. The van der Waals surface area contributed by atoms with Crippen molar-refractivity contribution in [3.05, 3.63) is 12.4 Å². The van der Waals surface area contributed by atoms with Crippen LogP contribution in [0.3, 0.4) is 0 Å². The fourth-order valence-corrected chi connectivity index (χ4v) is 1.33. The van der Waals surface area contributed by atoms with Crippen LogP contribution in [0.25, 0.3) is 0 Å². The SMILES string of the molecule is CCCC(CN)NC(=O)Cn1ccnn1. The third-order valence-corrected chi connectivity index (χ3v) is 2.06. The average Bonchev–Trinajstić information content (AvgIpc) is 2.69. The molecule has 0 aliphatic carbocycles. The van der Waals surface area contributed by atoms with Crippen molar-refractivity contribution < 1.29 is 4.79 Å².